The van der Waals surface area contributed by atoms with Gasteiger partial charge in [0.2, 0.25) is 5.91 Å². The molecule has 2 amide bonds. The van der Waals surface area contributed by atoms with Crippen LogP contribution in [-0.2, 0) is 4.79 Å². The number of carbonyl (C=O) groups is 2. The third-order valence-electron chi connectivity index (χ3n) is 5.22. The molecule has 1 fully saturated rings. The normalized spacial score (nSPS) is 17.4. The molecular formula is C24H23N3O2. The van der Waals surface area contributed by atoms with Gasteiger partial charge in [0.1, 0.15) is 0 Å². The maximum atomic E-state index is 12.5. The first-order valence-corrected chi connectivity index (χ1v) is 9.64. The van der Waals surface area contributed by atoms with Crippen LogP contribution in [0.1, 0.15) is 33.8 Å². The number of hydrogen-bond donors (Lipinski definition) is 3. The van der Waals surface area contributed by atoms with Gasteiger partial charge in [0.15, 0.2) is 0 Å². The number of carbonyl (C=O) groups excluding carboxylic acids is 2. The van der Waals surface area contributed by atoms with Crippen molar-refractivity contribution >= 4 is 28.9 Å². The number of aryl methyl sites for hydroxylation is 1. The van der Waals surface area contributed by atoms with E-state index < -0.39 is 0 Å². The van der Waals surface area contributed by atoms with Gasteiger partial charge in [0.05, 0.1) is 11.4 Å². The number of hydrogen-bond acceptors (Lipinski definition) is 3. The van der Waals surface area contributed by atoms with Crippen molar-refractivity contribution in [2.45, 2.75) is 19.3 Å². The quantitative estimate of drug-likeness (QED) is 0.563. The molecule has 0 aliphatic heterocycles. The Balaban J connectivity index is 1.35. The molecule has 29 heavy (non-hydrogen) atoms. The summed E-state index contributed by atoms with van der Waals surface area (Å²) in [6, 6.07) is 22.5. The van der Waals surface area contributed by atoms with E-state index in [2.05, 4.69) is 22.8 Å². The first-order valence-electron chi connectivity index (χ1n) is 9.64. The molecule has 5 heteroatoms. The molecule has 3 aromatic carbocycles. The van der Waals surface area contributed by atoms with Gasteiger partial charge < -0.3 is 16.4 Å². The average Bonchev–Trinajstić information content (AvgIpc) is 3.52. The molecule has 1 aliphatic rings. The smallest absolute Gasteiger partial charge is 0.255 e. The summed E-state index contributed by atoms with van der Waals surface area (Å²) in [5, 5.41) is 5.76. The molecule has 146 valence electrons. The molecule has 0 spiro atoms. The zero-order valence-electron chi connectivity index (χ0n) is 16.2. The van der Waals surface area contributed by atoms with Gasteiger partial charge in [0, 0.05) is 17.2 Å². The lowest BCUT2D eigenvalue weighted by Crippen LogP contribution is -2.15. The summed E-state index contributed by atoms with van der Waals surface area (Å²) >= 11 is 0. The predicted octanol–water partition coefficient (Wildman–Crippen LogP) is 4.57. The molecule has 0 unspecified atom stereocenters. The number of anilines is 3. The van der Waals surface area contributed by atoms with Crippen LogP contribution in [0.25, 0.3) is 0 Å². The fourth-order valence-electron chi connectivity index (χ4n) is 3.48. The largest absolute Gasteiger partial charge is 0.397 e. The molecule has 2 atom stereocenters. The zero-order valence-corrected chi connectivity index (χ0v) is 16.2. The number of benzene rings is 3. The van der Waals surface area contributed by atoms with Gasteiger partial charge in [-0.05, 0) is 66.8 Å². The van der Waals surface area contributed by atoms with Crippen LogP contribution in [0.5, 0.6) is 0 Å². The van der Waals surface area contributed by atoms with Crippen molar-refractivity contribution in [3.63, 3.8) is 0 Å². The summed E-state index contributed by atoms with van der Waals surface area (Å²) in [6.07, 6.45) is 0.869. The van der Waals surface area contributed by atoms with Gasteiger partial charge in [-0.2, -0.15) is 0 Å². The van der Waals surface area contributed by atoms with Crippen LogP contribution < -0.4 is 16.4 Å². The SMILES string of the molecule is Cc1ccc(NC(=O)c2ccc(NC(=O)[C@@H]3C[C@@H]3c3ccccc3)cc2)c(N)c1. The maximum absolute atomic E-state index is 12.5. The van der Waals surface area contributed by atoms with Gasteiger partial charge in [-0.25, -0.2) is 0 Å². The van der Waals surface area contributed by atoms with Crippen LogP contribution in [0.3, 0.4) is 0 Å². The molecule has 0 bridgehead atoms. The second-order valence-corrected chi connectivity index (χ2v) is 7.47. The summed E-state index contributed by atoms with van der Waals surface area (Å²) in [4.78, 5) is 24.9. The molecule has 0 saturated heterocycles. The second kappa shape index (κ2) is 7.80. The molecule has 1 aliphatic carbocycles. The molecule has 5 nitrogen and oxygen atoms in total. The number of rotatable bonds is 5. The highest BCUT2D eigenvalue weighted by Crippen LogP contribution is 2.47. The number of nitrogens with two attached hydrogens (primary N) is 1. The fourth-order valence-corrected chi connectivity index (χ4v) is 3.48. The molecule has 4 rings (SSSR count). The Morgan fingerprint density at radius 1 is 0.931 bits per heavy atom. The lowest BCUT2D eigenvalue weighted by atomic mass is 10.1. The topological polar surface area (TPSA) is 84.2 Å². The fraction of sp³-hybridized carbons (Fsp3) is 0.167. The van der Waals surface area contributed by atoms with E-state index in [1.165, 1.54) is 5.56 Å². The van der Waals surface area contributed by atoms with E-state index in [-0.39, 0.29) is 17.7 Å². The van der Waals surface area contributed by atoms with Crippen molar-refractivity contribution < 1.29 is 9.59 Å². The molecule has 0 heterocycles. The van der Waals surface area contributed by atoms with Crippen LogP contribution in [-0.4, -0.2) is 11.8 Å². The Kier molecular flexibility index (Phi) is 5.04. The van der Waals surface area contributed by atoms with Gasteiger partial charge in [-0.15, -0.1) is 0 Å². The standard InChI is InChI=1S/C24H23N3O2/c1-15-7-12-22(21(25)13-15)27-23(28)17-8-10-18(11-9-17)26-24(29)20-14-19(20)16-5-3-2-4-6-16/h2-13,19-20H,14,25H2,1H3,(H,26,29)(H,27,28)/t19-,20-/m1/s1. The Morgan fingerprint density at radius 3 is 2.34 bits per heavy atom. The second-order valence-electron chi connectivity index (χ2n) is 7.47. The van der Waals surface area contributed by atoms with Gasteiger partial charge in [0.25, 0.3) is 5.91 Å². The summed E-state index contributed by atoms with van der Waals surface area (Å²) in [5.41, 5.74) is 10.5. The van der Waals surface area contributed by atoms with E-state index >= 15 is 0 Å². The van der Waals surface area contributed by atoms with Gasteiger partial charge in [-0.3, -0.25) is 9.59 Å². The van der Waals surface area contributed by atoms with Crippen molar-refractivity contribution in [3.05, 3.63) is 89.5 Å². The highest BCUT2D eigenvalue weighted by atomic mass is 16.2. The molecule has 0 radical (unpaired) electrons. The van der Waals surface area contributed by atoms with Crippen LogP contribution in [0.15, 0.2) is 72.8 Å². The van der Waals surface area contributed by atoms with E-state index in [0.717, 1.165) is 12.0 Å². The zero-order chi connectivity index (χ0) is 20.4. The number of amides is 2. The molecule has 1 saturated carbocycles. The third-order valence-corrected chi connectivity index (χ3v) is 5.22. The summed E-state index contributed by atoms with van der Waals surface area (Å²) in [6.45, 7) is 1.94. The van der Waals surface area contributed by atoms with Gasteiger partial charge >= 0.3 is 0 Å². The van der Waals surface area contributed by atoms with E-state index in [0.29, 0.717) is 28.5 Å². The Bertz CT molecular complexity index is 1050. The first kappa shape index (κ1) is 18.7. The summed E-state index contributed by atoms with van der Waals surface area (Å²) in [7, 11) is 0. The minimum Gasteiger partial charge on any atom is -0.397 e. The Labute approximate surface area is 169 Å². The van der Waals surface area contributed by atoms with E-state index in [1.54, 1.807) is 30.3 Å². The molecule has 3 aromatic rings. The minimum atomic E-state index is -0.246. The molecular weight excluding hydrogens is 362 g/mol. The van der Waals surface area contributed by atoms with Crippen molar-refractivity contribution in [2.75, 3.05) is 16.4 Å². The lowest BCUT2D eigenvalue weighted by Gasteiger charge is -2.10. The van der Waals surface area contributed by atoms with Crippen LogP contribution in [0.4, 0.5) is 17.1 Å². The molecule has 4 N–H and O–H groups in total. The Hall–Kier alpha value is -3.60. The van der Waals surface area contributed by atoms with Crippen molar-refractivity contribution in [1.82, 2.24) is 0 Å². The monoisotopic (exact) mass is 385 g/mol. The van der Waals surface area contributed by atoms with Crippen molar-refractivity contribution in [2.24, 2.45) is 5.92 Å². The van der Waals surface area contributed by atoms with Crippen LogP contribution >= 0.6 is 0 Å². The number of nitrogens with one attached hydrogen (secondary N) is 2. The van der Waals surface area contributed by atoms with E-state index in [4.69, 9.17) is 5.73 Å². The lowest BCUT2D eigenvalue weighted by molar-refractivity contribution is -0.117. The van der Waals surface area contributed by atoms with Crippen molar-refractivity contribution in [1.29, 1.82) is 0 Å². The highest BCUT2D eigenvalue weighted by Gasteiger charge is 2.43. The van der Waals surface area contributed by atoms with Crippen molar-refractivity contribution in [3.8, 4) is 0 Å². The third kappa shape index (κ3) is 4.29. The Morgan fingerprint density at radius 2 is 1.66 bits per heavy atom. The summed E-state index contributed by atoms with van der Waals surface area (Å²) < 4.78 is 0. The highest BCUT2D eigenvalue weighted by molar-refractivity contribution is 6.06. The van der Waals surface area contributed by atoms with Crippen LogP contribution in [0.2, 0.25) is 0 Å². The predicted molar refractivity (Wildman–Crippen MR) is 116 cm³/mol. The van der Waals surface area contributed by atoms with Gasteiger partial charge in [-0.1, -0.05) is 36.4 Å². The van der Waals surface area contributed by atoms with E-state index in [9.17, 15) is 9.59 Å². The summed E-state index contributed by atoms with van der Waals surface area (Å²) in [5.74, 6) is 0.0688. The van der Waals surface area contributed by atoms with Crippen LogP contribution in [0, 0.1) is 12.8 Å². The average molecular weight is 385 g/mol. The maximum Gasteiger partial charge on any atom is 0.255 e. The molecule has 0 aromatic heterocycles. The van der Waals surface area contributed by atoms with E-state index in [1.807, 2.05) is 37.3 Å². The number of nitrogen functional groups attached to an aromatic ring is 1. The minimum absolute atomic E-state index is 0.00453. The first-order chi connectivity index (χ1) is 14.0.